The molecule has 0 saturated carbocycles. The summed E-state index contributed by atoms with van der Waals surface area (Å²) in [5, 5.41) is 8.80. The maximum Gasteiger partial charge on any atom is 0.179 e. The van der Waals surface area contributed by atoms with Gasteiger partial charge in [0.2, 0.25) is 0 Å². The molecule has 0 atom stereocenters. The quantitative estimate of drug-likeness (QED) is 0.775. The summed E-state index contributed by atoms with van der Waals surface area (Å²) in [6.07, 6.45) is 0. The molecule has 0 unspecified atom stereocenters. The van der Waals surface area contributed by atoms with Crippen LogP contribution < -0.4 is 0 Å². The van der Waals surface area contributed by atoms with E-state index in [1.165, 1.54) is 29.8 Å². The topological polar surface area (TPSA) is 61.2 Å². The van der Waals surface area contributed by atoms with Crippen molar-refractivity contribution in [2.45, 2.75) is 31.3 Å². The molecule has 2 rings (SSSR count). The molecule has 5 heteroatoms. The lowest BCUT2D eigenvalue weighted by Gasteiger charge is -2.26. The van der Waals surface area contributed by atoms with E-state index in [0.717, 1.165) is 6.54 Å². The highest BCUT2D eigenvalue weighted by atomic mass is 32.2. The van der Waals surface area contributed by atoms with Gasteiger partial charge in [-0.25, -0.2) is 8.42 Å². The molecule has 2 aromatic rings. The molecule has 0 spiro atoms. The lowest BCUT2D eigenvalue weighted by Crippen LogP contribution is -2.34. The predicted molar refractivity (Wildman–Crippen MR) is 95.2 cm³/mol. The number of nitrogens with zero attached hydrogens (tertiary/aromatic N) is 2. The zero-order valence-corrected chi connectivity index (χ0v) is 14.8. The van der Waals surface area contributed by atoms with Gasteiger partial charge < -0.3 is 0 Å². The summed E-state index contributed by atoms with van der Waals surface area (Å²) in [7, 11) is -3.36. The minimum absolute atomic E-state index is 0.0594. The highest BCUT2D eigenvalue weighted by molar-refractivity contribution is 7.91. The van der Waals surface area contributed by atoms with Crippen molar-refractivity contribution < 1.29 is 8.42 Å². The number of hydrogen-bond acceptors (Lipinski definition) is 4. The molecule has 0 aliphatic rings. The third-order valence-electron chi connectivity index (χ3n) is 3.95. The van der Waals surface area contributed by atoms with Crippen LogP contribution in [-0.2, 0) is 16.4 Å². The highest BCUT2D eigenvalue weighted by Crippen LogP contribution is 2.14. The zero-order valence-electron chi connectivity index (χ0n) is 14.0. The fourth-order valence-corrected chi connectivity index (χ4v) is 3.69. The highest BCUT2D eigenvalue weighted by Gasteiger charge is 2.18. The first-order chi connectivity index (χ1) is 11.4. The third-order valence-corrected chi connectivity index (χ3v) is 5.66. The van der Waals surface area contributed by atoms with Crippen LogP contribution in [0.5, 0.6) is 0 Å². The smallest absolute Gasteiger partial charge is 0.179 e. The molecule has 2 aromatic carbocycles. The Kier molecular flexibility index (Phi) is 6.13. The zero-order chi connectivity index (χ0) is 17.6. The van der Waals surface area contributed by atoms with Crippen molar-refractivity contribution in [2.24, 2.45) is 0 Å². The van der Waals surface area contributed by atoms with Gasteiger partial charge in [0.05, 0.1) is 22.3 Å². The van der Waals surface area contributed by atoms with Crippen LogP contribution in [0.25, 0.3) is 0 Å². The number of rotatable bonds is 7. The molecule has 0 bridgehead atoms. The van der Waals surface area contributed by atoms with Crippen molar-refractivity contribution in [1.29, 1.82) is 5.26 Å². The van der Waals surface area contributed by atoms with Crippen LogP contribution in [0.2, 0.25) is 0 Å². The van der Waals surface area contributed by atoms with Gasteiger partial charge in [-0.1, -0.05) is 30.3 Å². The van der Waals surface area contributed by atoms with Crippen LogP contribution in [0, 0.1) is 11.3 Å². The summed E-state index contributed by atoms with van der Waals surface area (Å²) >= 11 is 0. The number of sulfone groups is 1. The molecule has 0 N–H and O–H groups in total. The fourth-order valence-electron chi connectivity index (χ4n) is 2.43. The van der Waals surface area contributed by atoms with E-state index >= 15 is 0 Å². The molecule has 4 nitrogen and oxygen atoms in total. The Morgan fingerprint density at radius 1 is 1.04 bits per heavy atom. The van der Waals surface area contributed by atoms with Crippen LogP contribution in [0.4, 0.5) is 0 Å². The third kappa shape index (κ3) is 4.92. The van der Waals surface area contributed by atoms with Crippen molar-refractivity contribution in [1.82, 2.24) is 4.90 Å². The van der Waals surface area contributed by atoms with E-state index in [2.05, 4.69) is 18.7 Å². The SMILES string of the molecule is CC(C)N(CCS(=O)(=O)c1ccc(C#N)cc1)Cc1ccccc1. The molecular formula is C19H22N2O2S. The molecule has 0 aliphatic heterocycles. The Balaban J connectivity index is 2.06. The van der Waals surface area contributed by atoms with Gasteiger partial charge in [-0.05, 0) is 43.7 Å². The van der Waals surface area contributed by atoms with Gasteiger partial charge in [0.15, 0.2) is 9.84 Å². The molecule has 0 aliphatic carbocycles. The van der Waals surface area contributed by atoms with Crippen LogP contribution in [0.3, 0.4) is 0 Å². The Morgan fingerprint density at radius 2 is 1.67 bits per heavy atom. The summed E-state index contributed by atoms with van der Waals surface area (Å²) < 4.78 is 25.0. The Bertz CT molecular complexity index is 792. The van der Waals surface area contributed by atoms with Gasteiger partial charge in [-0.3, -0.25) is 4.90 Å². The molecule has 24 heavy (non-hydrogen) atoms. The molecule has 0 amide bonds. The summed E-state index contributed by atoms with van der Waals surface area (Å²) in [6.45, 7) is 5.32. The molecule has 126 valence electrons. The van der Waals surface area contributed by atoms with Crippen molar-refractivity contribution in [3.05, 3.63) is 65.7 Å². The molecule has 0 aromatic heterocycles. The van der Waals surface area contributed by atoms with Crippen molar-refractivity contribution in [3.8, 4) is 6.07 Å². The lowest BCUT2D eigenvalue weighted by atomic mass is 10.2. The second-order valence-electron chi connectivity index (χ2n) is 6.00. The predicted octanol–water partition coefficient (Wildman–Crippen LogP) is 3.24. The Hall–Kier alpha value is -2.16. The second-order valence-corrected chi connectivity index (χ2v) is 8.11. The minimum atomic E-state index is -3.36. The number of benzene rings is 2. The van der Waals surface area contributed by atoms with Crippen LogP contribution in [-0.4, -0.2) is 31.7 Å². The van der Waals surface area contributed by atoms with Crippen molar-refractivity contribution in [2.75, 3.05) is 12.3 Å². The Labute approximate surface area is 144 Å². The molecule has 0 heterocycles. The van der Waals surface area contributed by atoms with E-state index in [1.807, 2.05) is 36.4 Å². The van der Waals surface area contributed by atoms with E-state index in [4.69, 9.17) is 5.26 Å². The maximum absolute atomic E-state index is 12.5. The average Bonchev–Trinajstić information content (AvgIpc) is 2.59. The van der Waals surface area contributed by atoms with Gasteiger partial charge in [0.25, 0.3) is 0 Å². The molecule has 0 radical (unpaired) electrons. The van der Waals surface area contributed by atoms with Gasteiger partial charge >= 0.3 is 0 Å². The summed E-state index contributed by atoms with van der Waals surface area (Å²) in [5.41, 5.74) is 1.63. The summed E-state index contributed by atoms with van der Waals surface area (Å²) in [5.74, 6) is 0.0594. The minimum Gasteiger partial charge on any atom is -0.296 e. The average molecular weight is 342 g/mol. The first-order valence-corrected chi connectivity index (χ1v) is 9.58. The normalized spacial score (nSPS) is 11.6. The fraction of sp³-hybridized carbons (Fsp3) is 0.316. The molecular weight excluding hydrogens is 320 g/mol. The van der Waals surface area contributed by atoms with Gasteiger partial charge in [-0.2, -0.15) is 5.26 Å². The van der Waals surface area contributed by atoms with Crippen LogP contribution in [0.15, 0.2) is 59.5 Å². The number of hydrogen-bond donors (Lipinski definition) is 0. The largest absolute Gasteiger partial charge is 0.296 e. The van der Waals surface area contributed by atoms with Crippen LogP contribution in [0.1, 0.15) is 25.0 Å². The van der Waals surface area contributed by atoms with E-state index < -0.39 is 9.84 Å². The van der Waals surface area contributed by atoms with Gasteiger partial charge in [0, 0.05) is 19.1 Å². The van der Waals surface area contributed by atoms with Gasteiger partial charge in [-0.15, -0.1) is 0 Å². The van der Waals surface area contributed by atoms with Crippen molar-refractivity contribution in [3.63, 3.8) is 0 Å². The monoisotopic (exact) mass is 342 g/mol. The molecule has 0 fully saturated rings. The van der Waals surface area contributed by atoms with Crippen molar-refractivity contribution >= 4 is 9.84 Å². The Morgan fingerprint density at radius 3 is 2.21 bits per heavy atom. The van der Waals surface area contributed by atoms with E-state index in [0.29, 0.717) is 12.1 Å². The lowest BCUT2D eigenvalue weighted by molar-refractivity contribution is 0.226. The summed E-state index contributed by atoms with van der Waals surface area (Å²) in [4.78, 5) is 2.42. The maximum atomic E-state index is 12.5. The number of nitriles is 1. The summed E-state index contributed by atoms with van der Waals surface area (Å²) in [6, 6.07) is 18.4. The first kappa shape index (κ1) is 18.2. The standard InChI is InChI=1S/C19H22N2O2S/c1-16(2)21(15-18-6-4-3-5-7-18)12-13-24(22,23)19-10-8-17(14-20)9-11-19/h3-11,16H,12-13,15H2,1-2H3. The van der Waals surface area contributed by atoms with E-state index in [1.54, 1.807) is 0 Å². The van der Waals surface area contributed by atoms with Crippen LogP contribution >= 0.6 is 0 Å². The van der Waals surface area contributed by atoms with E-state index in [9.17, 15) is 8.42 Å². The van der Waals surface area contributed by atoms with Gasteiger partial charge in [0.1, 0.15) is 0 Å². The second kappa shape index (κ2) is 8.09. The first-order valence-electron chi connectivity index (χ1n) is 7.93. The van der Waals surface area contributed by atoms with E-state index in [-0.39, 0.29) is 16.7 Å². The molecule has 0 saturated heterocycles.